The molecular weight excluding hydrogens is 288 g/mol. The summed E-state index contributed by atoms with van der Waals surface area (Å²) < 4.78 is 0. The highest BCUT2D eigenvalue weighted by Crippen LogP contribution is 2.20. The molecule has 0 fully saturated rings. The van der Waals surface area contributed by atoms with Crippen molar-refractivity contribution in [1.29, 1.82) is 0 Å². The highest BCUT2D eigenvalue weighted by molar-refractivity contribution is 5.64. The van der Waals surface area contributed by atoms with Gasteiger partial charge in [-0.05, 0) is 54.3 Å². The lowest BCUT2D eigenvalue weighted by atomic mass is 10.0. The molecule has 0 bridgehead atoms. The average Bonchev–Trinajstić information content (AvgIpc) is 2.63. The second-order valence-corrected chi connectivity index (χ2v) is 6.14. The predicted molar refractivity (Wildman–Crippen MR) is 103 cm³/mol. The Morgan fingerprint density at radius 2 is 1.08 bits per heavy atom. The summed E-state index contributed by atoms with van der Waals surface area (Å²) in [4.78, 5) is 0. The van der Waals surface area contributed by atoms with Crippen LogP contribution in [0.2, 0.25) is 0 Å². The van der Waals surface area contributed by atoms with Gasteiger partial charge < -0.3 is 0 Å². The van der Waals surface area contributed by atoms with E-state index in [0.717, 1.165) is 17.5 Å². The fourth-order valence-electron chi connectivity index (χ4n) is 2.68. The lowest BCUT2D eigenvalue weighted by molar-refractivity contribution is 0.922. The normalized spacial score (nSPS) is 10.1. The SMILES string of the molecule is CCCc1ccc(-c2ccc(C#Cc3ccc(C)cc3)cc2)cc1. The number of aryl methyl sites for hydroxylation is 2. The van der Waals surface area contributed by atoms with Crippen LogP contribution in [-0.2, 0) is 6.42 Å². The van der Waals surface area contributed by atoms with Gasteiger partial charge in [0.1, 0.15) is 0 Å². The maximum atomic E-state index is 3.23. The van der Waals surface area contributed by atoms with Crippen molar-refractivity contribution in [3.8, 4) is 23.0 Å². The van der Waals surface area contributed by atoms with Crippen molar-refractivity contribution in [2.24, 2.45) is 0 Å². The summed E-state index contributed by atoms with van der Waals surface area (Å²) in [6, 6.07) is 25.7. The zero-order valence-corrected chi connectivity index (χ0v) is 14.3. The molecule has 0 saturated carbocycles. The molecule has 0 heteroatoms. The molecule has 0 spiro atoms. The zero-order chi connectivity index (χ0) is 16.8. The number of hydrogen-bond donors (Lipinski definition) is 0. The molecule has 118 valence electrons. The van der Waals surface area contributed by atoms with E-state index < -0.39 is 0 Å². The molecular formula is C24H22. The summed E-state index contributed by atoms with van der Waals surface area (Å²) in [5.74, 6) is 6.45. The van der Waals surface area contributed by atoms with Gasteiger partial charge in [-0.1, -0.05) is 79.3 Å². The minimum absolute atomic E-state index is 1.04. The Balaban J connectivity index is 1.74. The molecule has 0 nitrogen and oxygen atoms in total. The summed E-state index contributed by atoms with van der Waals surface area (Å²) >= 11 is 0. The monoisotopic (exact) mass is 310 g/mol. The highest BCUT2D eigenvalue weighted by Gasteiger charge is 1.98. The smallest absolute Gasteiger partial charge is 0.0249 e. The summed E-state index contributed by atoms with van der Waals surface area (Å²) in [5.41, 5.74) is 7.25. The van der Waals surface area contributed by atoms with Gasteiger partial charge in [-0.3, -0.25) is 0 Å². The number of rotatable bonds is 3. The van der Waals surface area contributed by atoms with E-state index in [1.54, 1.807) is 0 Å². The molecule has 0 heterocycles. The molecule has 0 atom stereocenters. The first kappa shape index (κ1) is 16.1. The van der Waals surface area contributed by atoms with E-state index in [-0.39, 0.29) is 0 Å². The molecule has 0 aliphatic rings. The summed E-state index contributed by atoms with van der Waals surface area (Å²) in [5, 5.41) is 0. The molecule has 24 heavy (non-hydrogen) atoms. The van der Waals surface area contributed by atoms with Crippen LogP contribution in [0, 0.1) is 18.8 Å². The van der Waals surface area contributed by atoms with Gasteiger partial charge in [0.05, 0.1) is 0 Å². The van der Waals surface area contributed by atoms with Gasteiger partial charge in [0.25, 0.3) is 0 Å². The van der Waals surface area contributed by atoms with Crippen LogP contribution in [0.4, 0.5) is 0 Å². The number of hydrogen-bond acceptors (Lipinski definition) is 0. The fraction of sp³-hybridized carbons (Fsp3) is 0.167. The molecule has 0 saturated heterocycles. The molecule has 0 aliphatic heterocycles. The molecule has 0 aromatic heterocycles. The van der Waals surface area contributed by atoms with Crippen LogP contribution in [0.15, 0.2) is 72.8 Å². The van der Waals surface area contributed by atoms with E-state index in [2.05, 4.69) is 98.5 Å². The van der Waals surface area contributed by atoms with Crippen molar-refractivity contribution in [2.75, 3.05) is 0 Å². The first-order valence-corrected chi connectivity index (χ1v) is 8.52. The van der Waals surface area contributed by atoms with E-state index in [1.165, 1.54) is 28.7 Å². The van der Waals surface area contributed by atoms with E-state index >= 15 is 0 Å². The largest absolute Gasteiger partial charge is 0.0651 e. The Bertz CT molecular complexity index is 839. The summed E-state index contributed by atoms with van der Waals surface area (Å²) in [7, 11) is 0. The highest BCUT2D eigenvalue weighted by atomic mass is 14.0. The van der Waals surface area contributed by atoms with Gasteiger partial charge in [0.2, 0.25) is 0 Å². The molecule has 3 rings (SSSR count). The molecule has 3 aromatic carbocycles. The van der Waals surface area contributed by atoms with Gasteiger partial charge in [-0.25, -0.2) is 0 Å². The third kappa shape index (κ3) is 4.15. The van der Waals surface area contributed by atoms with Crippen LogP contribution in [-0.4, -0.2) is 0 Å². The second kappa shape index (κ2) is 7.66. The minimum atomic E-state index is 1.04. The lowest BCUT2D eigenvalue weighted by Crippen LogP contribution is -1.84. The molecule has 0 amide bonds. The van der Waals surface area contributed by atoms with Crippen LogP contribution < -0.4 is 0 Å². The van der Waals surface area contributed by atoms with E-state index in [9.17, 15) is 0 Å². The van der Waals surface area contributed by atoms with Crippen molar-refractivity contribution in [1.82, 2.24) is 0 Å². The topological polar surface area (TPSA) is 0 Å². The first-order valence-electron chi connectivity index (χ1n) is 8.52. The van der Waals surface area contributed by atoms with Crippen molar-refractivity contribution in [2.45, 2.75) is 26.7 Å². The Morgan fingerprint density at radius 1 is 0.625 bits per heavy atom. The maximum Gasteiger partial charge on any atom is 0.0249 e. The van der Waals surface area contributed by atoms with Gasteiger partial charge in [0, 0.05) is 11.1 Å². The van der Waals surface area contributed by atoms with E-state index in [0.29, 0.717) is 0 Å². The van der Waals surface area contributed by atoms with Crippen molar-refractivity contribution >= 4 is 0 Å². The second-order valence-electron chi connectivity index (χ2n) is 6.14. The molecule has 0 radical (unpaired) electrons. The fourth-order valence-corrected chi connectivity index (χ4v) is 2.68. The van der Waals surface area contributed by atoms with Crippen molar-refractivity contribution in [3.05, 3.63) is 95.1 Å². The van der Waals surface area contributed by atoms with Crippen molar-refractivity contribution < 1.29 is 0 Å². The first-order chi connectivity index (χ1) is 11.7. The van der Waals surface area contributed by atoms with Crippen molar-refractivity contribution in [3.63, 3.8) is 0 Å². The van der Waals surface area contributed by atoms with Gasteiger partial charge in [-0.15, -0.1) is 0 Å². The molecule has 0 aliphatic carbocycles. The van der Waals surface area contributed by atoms with E-state index in [4.69, 9.17) is 0 Å². The van der Waals surface area contributed by atoms with Crippen LogP contribution >= 0.6 is 0 Å². The average molecular weight is 310 g/mol. The third-order valence-corrected chi connectivity index (χ3v) is 4.11. The summed E-state index contributed by atoms with van der Waals surface area (Å²) in [6.45, 7) is 4.30. The Morgan fingerprint density at radius 3 is 1.58 bits per heavy atom. The lowest BCUT2D eigenvalue weighted by Gasteiger charge is -2.04. The Kier molecular flexibility index (Phi) is 5.14. The number of benzene rings is 3. The Labute approximate surface area is 145 Å². The maximum absolute atomic E-state index is 3.23. The van der Waals surface area contributed by atoms with Crippen LogP contribution in [0.5, 0.6) is 0 Å². The molecule has 0 N–H and O–H groups in total. The molecule has 3 aromatic rings. The molecule has 0 unspecified atom stereocenters. The third-order valence-electron chi connectivity index (χ3n) is 4.11. The van der Waals surface area contributed by atoms with Crippen LogP contribution in [0.25, 0.3) is 11.1 Å². The summed E-state index contributed by atoms with van der Waals surface area (Å²) in [6.07, 6.45) is 2.33. The quantitative estimate of drug-likeness (QED) is 0.519. The van der Waals surface area contributed by atoms with Crippen LogP contribution in [0.3, 0.4) is 0 Å². The Hall–Kier alpha value is -2.78. The van der Waals surface area contributed by atoms with Gasteiger partial charge in [-0.2, -0.15) is 0 Å². The van der Waals surface area contributed by atoms with Gasteiger partial charge >= 0.3 is 0 Å². The van der Waals surface area contributed by atoms with Gasteiger partial charge in [0.15, 0.2) is 0 Å². The van der Waals surface area contributed by atoms with Crippen LogP contribution in [0.1, 0.15) is 35.6 Å². The minimum Gasteiger partial charge on any atom is -0.0651 e. The standard InChI is InChI=1S/C24H22/c1-3-4-20-11-15-23(16-12-20)24-17-13-22(14-18-24)10-9-21-7-5-19(2)6-8-21/h5-8,11-18H,3-4H2,1-2H3. The predicted octanol–water partition coefficient (Wildman–Crippen LogP) is 6.01. The van der Waals surface area contributed by atoms with E-state index in [1.807, 2.05) is 0 Å². The zero-order valence-electron chi connectivity index (χ0n) is 14.3.